The molecular formula is C17H18N4O3. The highest BCUT2D eigenvalue weighted by atomic mass is 16.4. The Morgan fingerprint density at radius 3 is 2.75 bits per heavy atom. The molecule has 0 bridgehead atoms. The van der Waals surface area contributed by atoms with Gasteiger partial charge in [-0.15, -0.1) is 0 Å². The highest BCUT2D eigenvalue weighted by Gasteiger charge is 2.25. The minimum atomic E-state index is -1.08. The SMILES string of the molecule is CN(C)c1ccc2c(c1)CCN2C(=O)Nc1cncc(C(=O)O)c1. The third kappa shape index (κ3) is 3.01. The number of aromatic nitrogens is 1. The monoisotopic (exact) mass is 326 g/mol. The van der Waals surface area contributed by atoms with Gasteiger partial charge in [-0.3, -0.25) is 9.88 Å². The summed E-state index contributed by atoms with van der Waals surface area (Å²) in [5.41, 5.74) is 3.48. The quantitative estimate of drug-likeness (QED) is 0.905. The summed E-state index contributed by atoms with van der Waals surface area (Å²) >= 11 is 0. The van der Waals surface area contributed by atoms with E-state index in [1.807, 2.05) is 31.1 Å². The number of carboxylic acid groups (broad SMARTS) is 1. The Morgan fingerprint density at radius 2 is 2.04 bits per heavy atom. The number of aromatic carboxylic acids is 1. The van der Waals surface area contributed by atoms with Crippen molar-refractivity contribution in [3.05, 3.63) is 47.8 Å². The van der Waals surface area contributed by atoms with Crippen LogP contribution in [0.1, 0.15) is 15.9 Å². The molecule has 7 nitrogen and oxygen atoms in total. The first kappa shape index (κ1) is 15.8. The smallest absolute Gasteiger partial charge is 0.337 e. The molecule has 0 aliphatic carbocycles. The number of anilines is 3. The van der Waals surface area contributed by atoms with Gasteiger partial charge in [0.15, 0.2) is 0 Å². The van der Waals surface area contributed by atoms with Crippen LogP contribution in [0.3, 0.4) is 0 Å². The highest BCUT2D eigenvalue weighted by Crippen LogP contribution is 2.31. The average molecular weight is 326 g/mol. The Bertz CT molecular complexity index is 804. The van der Waals surface area contributed by atoms with Gasteiger partial charge in [0.1, 0.15) is 0 Å². The van der Waals surface area contributed by atoms with Crippen LogP contribution in [-0.2, 0) is 6.42 Å². The lowest BCUT2D eigenvalue weighted by Gasteiger charge is -2.19. The van der Waals surface area contributed by atoms with E-state index in [1.54, 1.807) is 4.90 Å². The van der Waals surface area contributed by atoms with E-state index in [0.717, 1.165) is 23.4 Å². The lowest BCUT2D eigenvalue weighted by molar-refractivity contribution is 0.0696. The summed E-state index contributed by atoms with van der Waals surface area (Å²) in [4.78, 5) is 31.0. The molecule has 0 spiro atoms. The van der Waals surface area contributed by atoms with Crippen molar-refractivity contribution >= 4 is 29.1 Å². The topological polar surface area (TPSA) is 85.8 Å². The van der Waals surface area contributed by atoms with Crippen LogP contribution in [0.2, 0.25) is 0 Å². The van der Waals surface area contributed by atoms with E-state index in [0.29, 0.717) is 12.2 Å². The number of benzene rings is 1. The Hall–Kier alpha value is -3.09. The second-order valence-electron chi connectivity index (χ2n) is 5.81. The molecule has 2 amide bonds. The molecule has 124 valence electrons. The molecule has 0 radical (unpaired) electrons. The zero-order valence-electron chi connectivity index (χ0n) is 13.5. The van der Waals surface area contributed by atoms with Gasteiger partial charge >= 0.3 is 12.0 Å². The number of rotatable bonds is 3. The molecule has 1 aromatic carbocycles. The van der Waals surface area contributed by atoms with Crippen LogP contribution in [-0.4, -0.2) is 42.7 Å². The van der Waals surface area contributed by atoms with Gasteiger partial charge in [-0.05, 0) is 36.2 Å². The second-order valence-corrected chi connectivity index (χ2v) is 5.81. The summed E-state index contributed by atoms with van der Waals surface area (Å²) in [6, 6.07) is 7.07. The van der Waals surface area contributed by atoms with Crippen LogP contribution < -0.4 is 15.1 Å². The van der Waals surface area contributed by atoms with Crippen LogP contribution in [0, 0.1) is 0 Å². The van der Waals surface area contributed by atoms with Gasteiger partial charge in [-0.2, -0.15) is 0 Å². The van der Waals surface area contributed by atoms with Gasteiger partial charge in [0, 0.05) is 38.2 Å². The molecule has 24 heavy (non-hydrogen) atoms. The number of hydrogen-bond acceptors (Lipinski definition) is 4. The summed E-state index contributed by atoms with van der Waals surface area (Å²) in [6.07, 6.45) is 3.46. The molecular weight excluding hydrogens is 308 g/mol. The fraction of sp³-hybridized carbons (Fsp3) is 0.235. The van der Waals surface area contributed by atoms with E-state index in [4.69, 9.17) is 5.11 Å². The van der Waals surface area contributed by atoms with Gasteiger partial charge < -0.3 is 15.3 Å². The van der Waals surface area contributed by atoms with E-state index in [1.165, 1.54) is 18.5 Å². The van der Waals surface area contributed by atoms with E-state index < -0.39 is 5.97 Å². The first-order chi connectivity index (χ1) is 11.5. The highest BCUT2D eigenvalue weighted by molar-refractivity contribution is 6.03. The molecule has 0 saturated heterocycles. The Morgan fingerprint density at radius 1 is 1.25 bits per heavy atom. The van der Waals surface area contributed by atoms with E-state index in [9.17, 15) is 9.59 Å². The van der Waals surface area contributed by atoms with Crippen molar-refractivity contribution in [2.45, 2.75) is 6.42 Å². The Balaban J connectivity index is 1.78. The minimum Gasteiger partial charge on any atom is -0.478 e. The maximum Gasteiger partial charge on any atom is 0.337 e. The first-order valence-corrected chi connectivity index (χ1v) is 7.53. The van der Waals surface area contributed by atoms with E-state index >= 15 is 0 Å². The maximum absolute atomic E-state index is 12.5. The van der Waals surface area contributed by atoms with Crippen molar-refractivity contribution < 1.29 is 14.7 Å². The number of hydrogen-bond donors (Lipinski definition) is 2. The predicted molar refractivity (Wildman–Crippen MR) is 92.0 cm³/mol. The van der Waals surface area contributed by atoms with Crippen LogP contribution in [0.25, 0.3) is 0 Å². The molecule has 7 heteroatoms. The minimum absolute atomic E-state index is 0.0326. The molecule has 1 aromatic heterocycles. The van der Waals surface area contributed by atoms with Crippen molar-refractivity contribution in [2.75, 3.05) is 35.8 Å². The van der Waals surface area contributed by atoms with Crippen molar-refractivity contribution in [1.82, 2.24) is 4.98 Å². The number of carboxylic acids is 1. The lowest BCUT2D eigenvalue weighted by Crippen LogP contribution is -2.33. The normalized spacial score (nSPS) is 12.7. The molecule has 0 fully saturated rings. The maximum atomic E-state index is 12.5. The number of nitrogens with zero attached hydrogens (tertiary/aromatic N) is 3. The van der Waals surface area contributed by atoms with E-state index in [-0.39, 0.29) is 11.6 Å². The van der Waals surface area contributed by atoms with Crippen LogP contribution in [0.4, 0.5) is 21.9 Å². The number of pyridine rings is 1. The Labute approximate surface area is 139 Å². The first-order valence-electron chi connectivity index (χ1n) is 7.53. The third-order valence-electron chi connectivity index (χ3n) is 3.96. The van der Waals surface area contributed by atoms with Crippen molar-refractivity contribution in [1.29, 1.82) is 0 Å². The predicted octanol–water partition coefficient (Wildman–Crippen LogP) is 2.44. The van der Waals surface area contributed by atoms with Gasteiger partial charge in [-0.25, -0.2) is 9.59 Å². The number of amides is 2. The zero-order valence-corrected chi connectivity index (χ0v) is 13.5. The summed E-state index contributed by atoms with van der Waals surface area (Å²) in [5.74, 6) is -1.08. The largest absolute Gasteiger partial charge is 0.478 e. The summed E-state index contributed by atoms with van der Waals surface area (Å²) in [6.45, 7) is 0.587. The summed E-state index contributed by atoms with van der Waals surface area (Å²) < 4.78 is 0. The molecule has 0 saturated carbocycles. The fourth-order valence-electron chi connectivity index (χ4n) is 2.69. The molecule has 1 aliphatic heterocycles. The van der Waals surface area contributed by atoms with E-state index in [2.05, 4.69) is 16.4 Å². The number of carbonyl (C=O) groups is 2. The lowest BCUT2D eigenvalue weighted by atomic mass is 10.1. The van der Waals surface area contributed by atoms with Crippen LogP contribution >= 0.6 is 0 Å². The Kier molecular flexibility index (Phi) is 4.07. The third-order valence-corrected chi connectivity index (χ3v) is 3.96. The molecule has 2 N–H and O–H groups in total. The van der Waals surface area contributed by atoms with Gasteiger partial charge in [0.05, 0.1) is 17.4 Å². The van der Waals surface area contributed by atoms with Gasteiger partial charge in [-0.1, -0.05) is 0 Å². The van der Waals surface area contributed by atoms with Crippen molar-refractivity contribution in [2.24, 2.45) is 0 Å². The number of urea groups is 1. The average Bonchev–Trinajstić information content (AvgIpc) is 2.98. The molecule has 0 atom stereocenters. The number of carbonyl (C=O) groups excluding carboxylic acids is 1. The van der Waals surface area contributed by atoms with Crippen molar-refractivity contribution in [3.63, 3.8) is 0 Å². The number of fused-ring (bicyclic) bond motifs is 1. The summed E-state index contributed by atoms with van der Waals surface area (Å²) in [5, 5.41) is 11.7. The molecule has 1 aliphatic rings. The standard InChI is InChI=1S/C17H18N4O3/c1-20(2)14-3-4-15-11(8-14)5-6-21(15)17(24)19-13-7-12(16(22)23)9-18-10-13/h3-4,7-10H,5-6H2,1-2H3,(H,19,24)(H,22,23). The molecule has 2 aromatic rings. The van der Waals surface area contributed by atoms with Gasteiger partial charge in [0.25, 0.3) is 0 Å². The van der Waals surface area contributed by atoms with Crippen LogP contribution in [0.5, 0.6) is 0 Å². The molecule has 3 rings (SSSR count). The van der Waals surface area contributed by atoms with Crippen LogP contribution in [0.15, 0.2) is 36.7 Å². The summed E-state index contributed by atoms with van der Waals surface area (Å²) in [7, 11) is 3.95. The molecule has 0 unspecified atom stereocenters. The molecule has 2 heterocycles. The van der Waals surface area contributed by atoms with Crippen molar-refractivity contribution in [3.8, 4) is 0 Å². The second kappa shape index (κ2) is 6.19. The van der Waals surface area contributed by atoms with Gasteiger partial charge in [0.2, 0.25) is 0 Å². The fourth-order valence-corrected chi connectivity index (χ4v) is 2.69. The number of nitrogens with one attached hydrogen (secondary N) is 1. The zero-order chi connectivity index (χ0) is 17.3.